The van der Waals surface area contributed by atoms with Crippen molar-refractivity contribution in [1.29, 1.82) is 0 Å². The van der Waals surface area contributed by atoms with E-state index in [1.54, 1.807) is 54.4 Å². The van der Waals surface area contributed by atoms with E-state index < -0.39 is 0 Å². The van der Waals surface area contributed by atoms with Gasteiger partial charge in [-0.3, -0.25) is 14.9 Å². The average Bonchev–Trinajstić information content (AvgIpc) is 3.22. The van der Waals surface area contributed by atoms with Crippen molar-refractivity contribution in [2.75, 3.05) is 66.9 Å². The smallest absolute Gasteiger partial charge is 0.203 e. The standard InChI is InChI=1S/C42H48N4O6S/c1-47-37-20-30(21-38(48-2)41(37)51-5)32-18-29(24-43-25-32)27-46(33-8-10-35(53-7)11-9-33)34-13-16-45(17-14-34)26-28-12-15-44-36(19-28)31-22-39(49-3)42(52-6)40(23-31)50-4/h8-12,15,18-25,34H,13-14,16-17,26-27H2,1-7H3. The van der Waals surface area contributed by atoms with Gasteiger partial charge in [0, 0.05) is 72.5 Å². The molecule has 11 heteroatoms. The summed E-state index contributed by atoms with van der Waals surface area (Å²) >= 11 is 1.76. The van der Waals surface area contributed by atoms with Gasteiger partial charge in [0.05, 0.1) is 48.4 Å². The second kappa shape index (κ2) is 17.6. The summed E-state index contributed by atoms with van der Waals surface area (Å²) in [4.78, 5) is 15.7. The van der Waals surface area contributed by atoms with Crippen LogP contribution in [-0.2, 0) is 13.1 Å². The predicted octanol–water partition coefficient (Wildman–Crippen LogP) is 8.26. The predicted molar refractivity (Wildman–Crippen MR) is 211 cm³/mol. The molecule has 0 N–H and O–H groups in total. The lowest BCUT2D eigenvalue weighted by Crippen LogP contribution is -2.44. The van der Waals surface area contributed by atoms with Crippen molar-refractivity contribution in [1.82, 2.24) is 14.9 Å². The van der Waals surface area contributed by atoms with Crippen molar-refractivity contribution in [3.8, 4) is 56.9 Å². The highest BCUT2D eigenvalue weighted by atomic mass is 32.2. The number of hydrogen-bond donors (Lipinski definition) is 0. The molecule has 1 aliphatic heterocycles. The molecule has 0 aliphatic carbocycles. The first kappa shape index (κ1) is 37.6. The van der Waals surface area contributed by atoms with E-state index in [-0.39, 0.29) is 0 Å². The molecular weight excluding hydrogens is 689 g/mol. The van der Waals surface area contributed by atoms with Crippen LogP contribution in [0.2, 0.25) is 0 Å². The van der Waals surface area contributed by atoms with Crippen molar-refractivity contribution in [2.24, 2.45) is 0 Å². The van der Waals surface area contributed by atoms with Gasteiger partial charge in [0.25, 0.3) is 0 Å². The molecule has 10 nitrogen and oxygen atoms in total. The average molecular weight is 737 g/mol. The molecule has 0 amide bonds. The van der Waals surface area contributed by atoms with E-state index >= 15 is 0 Å². The molecule has 0 radical (unpaired) electrons. The Morgan fingerprint density at radius 1 is 0.660 bits per heavy atom. The number of nitrogens with zero attached hydrogens (tertiary/aromatic N) is 4. The molecule has 1 aliphatic rings. The summed E-state index contributed by atoms with van der Waals surface area (Å²) in [7, 11) is 9.74. The van der Waals surface area contributed by atoms with Gasteiger partial charge in [0.2, 0.25) is 11.5 Å². The Labute approximate surface area is 317 Å². The first-order chi connectivity index (χ1) is 25.9. The summed E-state index contributed by atoms with van der Waals surface area (Å²) in [5, 5.41) is 0. The highest BCUT2D eigenvalue weighted by Crippen LogP contribution is 2.42. The molecule has 6 rings (SSSR count). The Hall–Kier alpha value is -5.13. The highest BCUT2D eigenvalue weighted by molar-refractivity contribution is 7.98. The molecule has 3 aromatic carbocycles. The maximum Gasteiger partial charge on any atom is 0.203 e. The zero-order chi connectivity index (χ0) is 37.3. The SMILES string of the molecule is COc1cc(-c2cncc(CN(c3ccc(SC)cc3)C3CCN(Cc4ccnc(-c5cc(OC)c(OC)c(OC)c5)c4)CC3)c2)cc(OC)c1OC. The number of pyridine rings is 2. The molecule has 5 aromatic rings. The molecule has 0 spiro atoms. The summed E-state index contributed by atoms with van der Waals surface area (Å²) < 4.78 is 33.5. The maximum atomic E-state index is 5.63. The fourth-order valence-corrected chi connectivity index (χ4v) is 7.40. The van der Waals surface area contributed by atoms with E-state index in [1.165, 1.54) is 16.1 Å². The Kier molecular flexibility index (Phi) is 12.5. The fourth-order valence-electron chi connectivity index (χ4n) is 6.99. The van der Waals surface area contributed by atoms with E-state index in [9.17, 15) is 0 Å². The van der Waals surface area contributed by atoms with Gasteiger partial charge in [-0.1, -0.05) is 0 Å². The van der Waals surface area contributed by atoms with Crippen LogP contribution in [0.15, 0.2) is 90.2 Å². The van der Waals surface area contributed by atoms with Gasteiger partial charge in [-0.2, -0.15) is 0 Å². The fraction of sp³-hybridized carbons (Fsp3) is 0.333. The summed E-state index contributed by atoms with van der Waals surface area (Å²) in [6.45, 7) is 3.54. The summed E-state index contributed by atoms with van der Waals surface area (Å²) in [5.74, 6) is 3.56. The Bertz CT molecular complexity index is 1930. The lowest BCUT2D eigenvalue weighted by molar-refractivity contribution is 0.201. The molecule has 2 aromatic heterocycles. The second-order valence-corrected chi connectivity index (χ2v) is 13.7. The summed E-state index contributed by atoms with van der Waals surface area (Å²) in [5.41, 5.74) is 7.25. The summed E-state index contributed by atoms with van der Waals surface area (Å²) in [6, 6.07) is 23.5. The monoisotopic (exact) mass is 736 g/mol. The molecular formula is C42H48N4O6S. The van der Waals surface area contributed by atoms with Gasteiger partial charge in [-0.25, -0.2) is 0 Å². The lowest BCUT2D eigenvalue weighted by Gasteiger charge is -2.40. The zero-order valence-corrected chi connectivity index (χ0v) is 32.4. The van der Waals surface area contributed by atoms with Gasteiger partial charge < -0.3 is 33.3 Å². The minimum Gasteiger partial charge on any atom is -0.493 e. The minimum atomic E-state index is 0.364. The second-order valence-electron chi connectivity index (χ2n) is 12.8. The summed E-state index contributed by atoms with van der Waals surface area (Å²) in [6.07, 6.45) is 9.91. The van der Waals surface area contributed by atoms with Gasteiger partial charge in [-0.15, -0.1) is 11.8 Å². The van der Waals surface area contributed by atoms with Crippen LogP contribution in [0.25, 0.3) is 22.4 Å². The van der Waals surface area contributed by atoms with Crippen LogP contribution in [0, 0.1) is 0 Å². The zero-order valence-electron chi connectivity index (χ0n) is 31.5. The van der Waals surface area contributed by atoms with Crippen LogP contribution >= 0.6 is 11.8 Å². The lowest BCUT2D eigenvalue weighted by atomic mass is 9.99. The minimum absolute atomic E-state index is 0.364. The number of rotatable bonds is 15. The van der Waals surface area contributed by atoms with Crippen LogP contribution in [0.3, 0.4) is 0 Å². The number of piperidine rings is 1. The third-order valence-corrected chi connectivity index (χ3v) is 10.5. The van der Waals surface area contributed by atoms with Gasteiger partial charge in [0.1, 0.15) is 0 Å². The van der Waals surface area contributed by atoms with Crippen molar-refractivity contribution in [3.63, 3.8) is 0 Å². The number of hydrogen-bond acceptors (Lipinski definition) is 11. The van der Waals surface area contributed by atoms with Crippen molar-refractivity contribution in [3.05, 3.63) is 96.4 Å². The molecule has 3 heterocycles. The molecule has 0 unspecified atom stereocenters. The van der Waals surface area contributed by atoms with Crippen LogP contribution in [-0.4, -0.2) is 82.9 Å². The van der Waals surface area contributed by atoms with E-state index in [2.05, 4.69) is 68.5 Å². The quantitative estimate of drug-likeness (QED) is 0.0974. The third-order valence-electron chi connectivity index (χ3n) is 9.74. The van der Waals surface area contributed by atoms with E-state index in [0.717, 1.165) is 67.0 Å². The van der Waals surface area contributed by atoms with E-state index in [0.29, 0.717) is 40.5 Å². The first-order valence-electron chi connectivity index (χ1n) is 17.5. The highest BCUT2D eigenvalue weighted by Gasteiger charge is 2.26. The number of anilines is 1. The van der Waals surface area contributed by atoms with Crippen molar-refractivity contribution in [2.45, 2.75) is 36.9 Å². The van der Waals surface area contributed by atoms with Crippen LogP contribution in [0.5, 0.6) is 34.5 Å². The topological polar surface area (TPSA) is 87.6 Å². The van der Waals surface area contributed by atoms with E-state index in [4.69, 9.17) is 28.4 Å². The van der Waals surface area contributed by atoms with Crippen molar-refractivity contribution >= 4 is 17.4 Å². The molecule has 0 atom stereocenters. The molecule has 278 valence electrons. The van der Waals surface area contributed by atoms with Gasteiger partial charge >= 0.3 is 0 Å². The number of thioether (sulfide) groups is 1. The van der Waals surface area contributed by atoms with Crippen LogP contribution < -0.4 is 33.3 Å². The van der Waals surface area contributed by atoms with Crippen LogP contribution in [0.4, 0.5) is 5.69 Å². The number of likely N-dealkylation sites (tertiary alicyclic amines) is 1. The Balaban J connectivity index is 1.20. The van der Waals surface area contributed by atoms with Crippen molar-refractivity contribution < 1.29 is 28.4 Å². The molecule has 0 saturated carbocycles. The molecule has 0 bridgehead atoms. The van der Waals surface area contributed by atoms with Crippen LogP contribution in [0.1, 0.15) is 24.0 Å². The molecule has 1 saturated heterocycles. The molecule has 1 fully saturated rings. The number of aromatic nitrogens is 2. The molecule has 53 heavy (non-hydrogen) atoms. The van der Waals surface area contributed by atoms with Gasteiger partial charge in [0.15, 0.2) is 23.0 Å². The number of benzene rings is 3. The normalized spacial score (nSPS) is 13.3. The number of ether oxygens (including phenoxy) is 6. The maximum absolute atomic E-state index is 5.63. The third kappa shape index (κ3) is 8.58. The first-order valence-corrected chi connectivity index (χ1v) is 18.8. The number of methoxy groups -OCH3 is 6. The Morgan fingerprint density at radius 3 is 1.79 bits per heavy atom. The Morgan fingerprint density at radius 2 is 1.25 bits per heavy atom. The van der Waals surface area contributed by atoms with Gasteiger partial charge in [-0.05, 0) is 103 Å². The van der Waals surface area contributed by atoms with E-state index in [1.807, 2.05) is 42.9 Å². The largest absolute Gasteiger partial charge is 0.493 e.